The molecule has 0 aromatic heterocycles. The van der Waals surface area contributed by atoms with Crippen LogP contribution in [-0.2, 0) is 17.8 Å². The summed E-state index contributed by atoms with van der Waals surface area (Å²) >= 11 is 0. The molecule has 0 radical (unpaired) electrons. The number of fused-ring (bicyclic) bond motifs is 1. The Morgan fingerprint density at radius 1 is 1.12 bits per heavy atom. The molecule has 4 rings (SSSR count). The lowest BCUT2D eigenvalue weighted by Crippen LogP contribution is -2.63. The molecule has 25 heavy (non-hydrogen) atoms. The Hall–Kier alpha value is -2.62. The van der Waals surface area contributed by atoms with Crippen molar-refractivity contribution >= 4 is 11.8 Å². The van der Waals surface area contributed by atoms with Gasteiger partial charge in [-0.2, -0.15) is 0 Å². The Bertz CT molecular complexity index is 814. The average molecular weight is 334 g/mol. The molecule has 1 heterocycles. The number of carbonyl (C=O) groups excluding carboxylic acids is 2. The third kappa shape index (κ3) is 2.82. The van der Waals surface area contributed by atoms with Crippen LogP contribution < -0.4 is 5.32 Å². The first kappa shape index (κ1) is 15.9. The SMILES string of the molecule is C[C@]1(C(=O)NCc2ccccc2)Cc2ccccc2C(=O)N1C1CC1. The van der Waals surface area contributed by atoms with Crippen LogP contribution in [0.1, 0.15) is 41.3 Å². The highest BCUT2D eigenvalue weighted by Crippen LogP contribution is 2.40. The van der Waals surface area contributed by atoms with E-state index in [9.17, 15) is 9.59 Å². The van der Waals surface area contributed by atoms with E-state index in [0.717, 1.165) is 29.5 Å². The fraction of sp³-hybridized carbons (Fsp3) is 0.333. The first-order valence-corrected chi connectivity index (χ1v) is 8.83. The molecule has 1 aliphatic carbocycles. The number of rotatable bonds is 4. The molecule has 2 aromatic carbocycles. The summed E-state index contributed by atoms with van der Waals surface area (Å²) in [5.41, 5.74) is 1.92. The normalized spacial score (nSPS) is 22.4. The van der Waals surface area contributed by atoms with Crippen molar-refractivity contribution in [3.8, 4) is 0 Å². The van der Waals surface area contributed by atoms with Crippen LogP contribution >= 0.6 is 0 Å². The monoisotopic (exact) mass is 334 g/mol. The quantitative estimate of drug-likeness (QED) is 0.935. The van der Waals surface area contributed by atoms with Gasteiger partial charge in [-0.1, -0.05) is 48.5 Å². The molecule has 1 saturated carbocycles. The summed E-state index contributed by atoms with van der Waals surface area (Å²) in [4.78, 5) is 28.0. The number of carbonyl (C=O) groups is 2. The lowest BCUT2D eigenvalue weighted by atomic mass is 9.82. The predicted molar refractivity (Wildman–Crippen MR) is 96.0 cm³/mol. The lowest BCUT2D eigenvalue weighted by Gasteiger charge is -2.44. The number of nitrogens with one attached hydrogen (secondary N) is 1. The Kier molecular flexibility index (Phi) is 3.83. The molecule has 4 nitrogen and oxygen atoms in total. The van der Waals surface area contributed by atoms with Crippen LogP contribution in [0.15, 0.2) is 54.6 Å². The van der Waals surface area contributed by atoms with Gasteiger partial charge < -0.3 is 10.2 Å². The minimum absolute atomic E-state index is 0.0123. The Morgan fingerprint density at radius 3 is 2.52 bits per heavy atom. The standard InChI is InChI=1S/C21H22N2O2/c1-21(20(25)22-14-15-7-3-2-4-8-15)13-16-9-5-6-10-18(16)19(24)23(21)17-11-12-17/h2-10,17H,11-14H2,1H3,(H,22,25)/t21-/m1/s1. The van der Waals surface area contributed by atoms with Gasteiger partial charge in [-0.15, -0.1) is 0 Å². The molecule has 128 valence electrons. The summed E-state index contributed by atoms with van der Waals surface area (Å²) in [6, 6.07) is 17.7. The summed E-state index contributed by atoms with van der Waals surface area (Å²) < 4.78 is 0. The second kappa shape index (κ2) is 6.03. The second-order valence-electron chi connectivity index (χ2n) is 7.18. The Morgan fingerprint density at radius 2 is 1.80 bits per heavy atom. The zero-order chi connectivity index (χ0) is 17.4. The zero-order valence-electron chi connectivity index (χ0n) is 14.4. The molecule has 1 atom stereocenters. The fourth-order valence-electron chi connectivity index (χ4n) is 3.75. The van der Waals surface area contributed by atoms with E-state index in [0.29, 0.717) is 13.0 Å². The van der Waals surface area contributed by atoms with E-state index in [1.165, 1.54) is 0 Å². The van der Waals surface area contributed by atoms with Gasteiger partial charge in [0.05, 0.1) is 0 Å². The van der Waals surface area contributed by atoms with Gasteiger partial charge in [0.15, 0.2) is 0 Å². The van der Waals surface area contributed by atoms with Crippen molar-refractivity contribution in [3.63, 3.8) is 0 Å². The molecular weight excluding hydrogens is 312 g/mol. The van der Waals surface area contributed by atoms with Crippen LogP contribution in [0.25, 0.3) is 0 Å². The van der Waals surface area contributed by atoms with E-state index >= 15 is 0 Å². The molecule has 1 fully saturated rings. The summed E-state index contributed by atoms with van der Waals surface area (Å²) in [6.07, 6.45) is 2.52. The lowest BCUT2D eigenvalue weighted by molar-refractivity contribution is -0.132. The smallest absolute Gasteiger partial charge is 0.255 e. The molecule has 1 aliphatic heterocycles. The molecule has 0 spiro atoms. The van der Waals surface area contributed by atoms with Crippen molar-refractivity contribution in [1.82, 2.24) is 10.2 Å². The van der Waals surface area contributed by atoms with Gasteiger partial charge in [-0.25, -0.2) is 0 Å². The first-order valence-electron chi connectivity index (χ1n) is 8.83. The first-order chi connectivity index (χ1) is 12.1. The number of nitrogens with zero attached hydrogens (tertiary/aromatic N) is 1. The highest BCUT2D eigenvalue weighted by atomic mass is 16.2. The van der Waals surface area contributed by atoms with Gasteiger partial charge in [-0.3, -0.25) is 9.59 Å². The minimum atomic E-state index is -0.832. The van der Waals surface area contributed by atoms with Gasteiger partial charge in [0, 0.05) is 24.6 Å². The molecular formula is C21H22N2O2. The van der Waals surface area contributed by atoms with Crippen molar-refractivity contribution in [1.29, 1.82) is 0 Å². The van der Waals surface area contributed by atoms with E-state index in [1.807, 2.05) is 66.4 Å². The maximum atomic E-state index is 13.1. The predicted octanol–water partition coefficient (Wildman–Crippen LogP) is 2.92. The fourth-order valence-corrected chi connectivity index (χ4v) is 3.75. The maximum Gasteiger partial charge on any atom is 0.255 e. The second-order valence-corrected chi connectivity index (χ2v) is 7.18. The highest BCUT2D eigenvalue weighted by molar-refractivity contribution is 6.02. The van der Waals surface area contributed by atoms with E-state index in [2.05, 4.69) is 5.32 Å². The van der Waals surface area contributed by atoms with Gasteiger partial charge in [0.2, 0.25) is 5.91 Å². The number of amides is 2. The molecule has 0 saturated heterocycles. The molecule has 4 heteroatoms. The topological polar surface area (TPSA) is 49.4 Å². The van der Waals surface area contributed by atoms with E-state index in [4.69, 9.17) is 0 Å². The molecule has 2 aromatic rings. The van der Waals surface area contributed by atoms with E-state index < -0.39 is 5.54 Å². The van der Waals surface area contributed by atoms with Gasteiger partial charge in [0.1, 0.15) is 5.54 Å². The van der Waals surface area contributed by atoms with Crippen LogP contribution in [0.4, 0.5) is 0 Å². The largest absolute Gasteiger partial charge is 0.350 e. The Balaban J connectivity index is 1.61. The van der Waals surface area contributed by atoms with Crippen LogP contribution in [0.5, 0.6) is 0 Å². The Labute approximate surface area is 147 Å². The highest BCUT2D eigenvalue weighted by Gasteiger charge is 2.51. The summed E-state index contributed by atoms with van der Waals surface area (Å²) in [6.45, 7) is 2.38. The van der Waals surface area contributed by atoms with Crippen molar-refractivity contribution in [3.05, 3.63) is 71.3 Å². The number of hydrogen-bond donors (Lipinski definition) is 1. The summed E-state index contributed by atoms with van der Waals surface area (Å²) in [7, 11) is 0. The van der Waals surface area contributed by atoms with Crippen molar-refractivity contribution < 1.29 is 9.59 Å². The minimum Gasteiger partial charge on any atom is -0.350 e. The maximum absolute atomic E-state index is 13.1. The molecule has 2 aliphatic rings. The van der Waals surface area contributed by atoms with Crippen molar-refractivity contribution in [2.45, 2.75) is 44.3 Å². The number of benzene rings is 2. The molecule has 0 bridgehead atoms. The summed E-state index contributed by atoms with van der Waals surface area (Å²) in [5, 5.41) is 3.04. The summed E-state index contributed by atoms with van der Waals surface area (Å²) in [5.74, 6) is -0.0900. The van der Waals surface area contributed by atoms with Gasteiger partial charge in [-0.05, 0) is 37.0 Å². The molecule has 2 amide bonds. The van der Waals surface area contributed by atoms with Crippen LogP contribution in [0.2, 0.25) is 0 Å². The molecule has 1 N–H and O–H groups in total. The van der Waals surface area contributed by atoms with Gasteiger partial charge >= 0.3 is 0 Å². The average Bonchev–Trinajstić information content (AvgIpc) is 3.45. The number of hydrogen-bond acceptors (Lipinski definition) is 2. The van der Waals surface area contributed by atoms with Crippen LogP contribution in [-0.4, -0.2) is 28.3 Å². The molecule has 0 unspecified atom stereocenters. The van der Waals surface area contributed by atoms with E-state index in [-0.39, 0.29) is 17.9 Å². The van der Waals surface area contributed by atoms with Gasteiger partial charge in [0.25, 0.3) is 5.91 Å². The third-order valence-electron chi connectivity index (χ3n) is 5.23. The van der Waals surface area contributed by atoms with Crippen molar-refractivity contribution in [2.24, 2.45) is 0 Å². The van der Waals surface area contributed by atoms with Crippen molar-refractivity contribution in [2.75, 3.05) is 0 Å². The van der Waals surface area contributed by atoms with Crippen LogP contribution in [0, 0.1) is 0 Å². The third-order valence-corrected chi connectivity index (χ3v) is 5.23. The van der Waals surface area contributed by atoms with E-state index in [1.54, 1.807) is 0 Å². The zero-order valence-corrected chi connectivity index (χ0v) is 14.4. The van der Waals surface area contributed by atoms with Crippen LogP contribution in [0.3, 0.4) is 0 Å².